The van der Waals surface area contributed by atoms with Crippen molar-refractivity contribution in [3.8, 4) is 5.75 Å². The first-order chi connectivity index (χ1) is 11.3. The summed E-state index contributed by atoms with van der Waals surface area (Å²) in [6.07, 6.45) is 0.101. The number of carbonyl (C=O) groups is 2. The molecule has 0 spiro atoms. The van der Waals surface area contributed by atoms with Gasteiger partial charge in [-0.3, -0.25) is 9.59 Å². The van der Waals surface area contributed by atoms with Gasteiger partial charge in [0.05, 0.1) is 12.1 Å². The van der Waals surface area contributed by atoms with Gasteiger partial charge in [0.25, 0.3) is 5.91 Å². The van der Waals surface area contributed by atoms with Gasteiger partial charge in [-0.05, 0) is 43.7 Å². The van der Waals surface area contributed by atoms with Gasteiger partial charge in [0.1, 0.15) is 17.3 Å². The Bertz CT molecular complexity index is 800. The van der Waals surface area contributed by atoms with E-state index in [0.717, 1.165) is 0 Å². The maximum atomic E-state index is 12.9. The summed E-state index contributed by atoms with van der Waals surface area (Å²) >= 11 is 0. The lowest BCUT2D eigenvalue weighted by molar-refractivity contribution is -0.129. The highest BCUT2D eigenvalue weighted by Crippen LogP contribution is 2.38. The fraction of sp³-hybridized carbons (Fsp3) is 0.222. The third-order valence-corrected chi connectivity index (χ3v) is 3.73. The molecule has 1 aliphatic rings. The van der Waals surface area contributed by atoms with Gasteiger partial charge < -0.3 is 15.4 Å². The van der Waals surface area contributed by atoms with Gasteiger partial charge in [0.2, 0.25) is 5.91 Å². The summed E-state index contributed by atoms with van der Waals surface area (Å²) in [6.45, 7) is 3.34. The van der Waals surface area contributed by atoms with E-state index < -0.39 is 5.60 Å². The van der Waals surface area contributed by atoms with Crippen molar-refractivity contribution in [2.45, 2.75) is 25.9 Å². The Labute approximate surface area is 138 Å². The molecule has 24 heavy (non-hydrogen) atoms. The highest BCUT2D eigenvalue weighted by Gasteiger charge is 2.36. The SMILES string of the molecule is CC1(C)Oc2cccc(NC(=O)Cc3ccc(F)cc3)c2NC1=O. The van der Waals surface area contributed by atoms with Gasteiger partial charge in [-0.2, -0.15) is 0 Å². The number of carbonyl (C=O) groups excluding carboxylic acids is 2. The standard InChI is InChI=1S/C18H17FN2O3/c1-18(2)17(23)21-16-13(4-3-5-14(16)24-18)20-15(22)10-11-6-8-12(19)9-7-11/h3-9H,10H2,1-2H3,(H,20,22)(H,21,23). The van der Waals surface area contributed by atoms with Crippen LogP contribution >= 0.6 is 0 Å². The summed E-state index contributed by atoms with van der Waals surface area (Å²) in [5.74, 6) is -0.401. The van der Waals surface area contributed by atoms with Crippen molar-refractivity contribution in [1.82, 2.24) is 0 Å². The van der Waals surface area contributed by atoms with E-state index in [9.17, 15) is 14.0 Å². The molecular formula is C18H17FN2O3. The highest BCUT2D eigenvalue weighted by atomic mass is 19.1. The van der Waals surface area contributed by atoms with Gasteiger partial charge in [0, 0.05) is 0 Å². The minimum atomic E-state index is -0.969. The molecule has 5 nitrogen and oxygen atoms in total. The third kappa shape index (κ3) is 3.22. The summed E-state index contributed by atoms with van der Waals surface area (Å²) in [5.41, 5.74) is 0.627. The lowest BCUT2D eigenvalue weighted by Gasteiger charge is -2.32. The van der Waals surface area contributed by atoms with Gasteiger partial charge in [-0.25, -0.2) is 4.39 Å². The second-order valence-electron chi connectivity index (χ2n) is 6.10. The molecule has 0 unspecified atom stereocenters. The van der Waals surface area contributed by atoms with Crippen LogP contribution in [0.4, 0.5) is 15.8 Å². The lowest BCUT2D eigenvalue weighted by atomic mass is 10.1. The highest BCUT2D eigenvalue weighted by molar-refractivity contribution is 6.06. The van der Waals surface area contributed by atoms with E-state index in [1.807, 2.05) is 0 Å². The van der Waals surface area contributed by atoms with Crippen molar-refractivity contribution in [2.75, 3.05) is 10.6 Å². The number of hydrogen-bond acceptors (Lipinski definition) is 3. The molecule has 0 bridgehead atoms. The first-order valence-electron chi connectivity index (χ1n) is 7.53. The molecule has 2 N–H and O–H groups in total. The molecule has 3 rings (SSSR count). The van der Waals surface area contributed by atoms with Crippen molar-refractivity contribution >= 4 is 23.2 Å². The maximum absolute atomic E-state index is 12.9. The Kier molecular flexibility index (Phi) is 3.97. The molecule has 2 aromatic carbocycles. The number of benzene rings is 2. The number of halogens is 1. The van der Waals surface area contributed by atoms with Crippen molar-refractivity contribution in [3.05, 3.63) is 53.8 Å². The number of rotatable bonds is 3. The number of hydrogen-bond donors (Lipinski definition) is 2. The monoisotopic (exact) mass is 328 g/mol. The number of anilines is 2. The summed E-state index contributed by atoms with van der Waals surface area (Å²) < 4.78 is 18.6. The zero-order valence-corrected chi connectivity index (χ0v) is 13.4. The Morgan fingerprint density at radius 3 is 2.62 bits per heavy atom. The second-order valence-corrected chi connectivity index (χ2v) is 6.10. The molecule has 2 amide bonds. The number of ether oxygens (including phenoxy) is 1. The molecular weight excluding hydrogens is 311 g/mol. The summed E-state index contributed by atoms with van der Waals surface area (Å²) in [5, 5.41) is 5.52. The fourth-order valence-electron chi connectivity index (χ4n) is 2.42. The number of nitrogens with one attached hydrogen (secondary N) is 2. The van der Waals surface area contributed by atoms with Crippen molar-refractivity contribution in [3.63, 3.8) is 0 Å². The van der Waals surface area contributed by atoms with Gasteiger partial charge in [-0.15, -0.1) is 0 Å². The molecule has 124 valence electrons. The summed E-state index contributed by atoms with van der Waals surface area (Å²) in [7, 11) is 0. The zero-order valence-electron chi connectivity index (χ0n) is 13.4. The predicted molar refractivity (Wildman–Crippen MR) is 88.5 cm³/mol. The molecule has 6 heteroatoms. The molecule has 2 aromatic rings. The molecule has 1 aliphatic heterocycles. The Morgan fingerprint density at radius 2 is 1.92 bits per heavy atom. The first-order valence-corrected chi connectivity index (χ1v) is 7.53. The normalized spacial score (nSPS) is 15.0. The number of para-hydroxylation sites is 1. The number of amides is 2. The smallest absolute Gasteiger partial charge is 0.268 e. The Morgan fingerprint density at radius 1 is 1.21 bits per heavy atom. The van der Waals surface area contributed by atoms with Crippen molar-refractivity contribution < 1.29 is 18.7 Å². The molecule has 0 saturated carbocycles. The summed E-state index contributed by atoms with van der Waals surface area (Å²) in [4.78, 5) is 24.3. The number of fused-ring (bicyclic) bond motifs is 1. The minimum Gasteiger partial charge on any atom is -0.476 e. The lowest BCUT2D eigenvalue weighted by Crippen LogP contribution is -2.45. The minimum absolute atomic E-state index is 0.101. The topological polar surface area (TPSA) is 67.4 Å². The average Bonchev–Trinajstić information content (AvgIpc) is 2.51. The third-order valence-electron chi connectivity index (χ3n) is 3.73. The molecule has 1 heterocycles. The first kappa shape index (κ1) is 16.0. The molecule has 0 aliphatic carbocycles. The van der Waals surface area contributed by atoms with Crippen LogP contribution in [0.1, 0.15) is 19.4 Å². The van der Waals surface area contributed by atoms with E-state index in [4.69, 9.17) is 4.74 Å². The van der Waals surface area contributed by atoms with Crippen LogP contribution in [0.2, 0.25) is 0 Å². The van der Waals surface area contributed by atoms with E-state index in [0.29, 0.717) is 22.7 Å². The predicted octanol–water partition coefficient (Wildman–Crippen LogP) is 3.12. The van der Waals surface area contributed by atoms with E-state index >= 15 is 0 Å². The quantitative estimate of drug-likeness (QED) is 0.910. The van der Waals surface area contributed by atoms with Crippen LogP contribution < -0.4 is 15.4 Å². The Hall–Kier alpha value is -2.89. The fourth-order valence-corrected chi connectivity index (χ4v) is 2.42. The molecule has 0 saturated heterocycles. The Balaban J connectivity index is 1.78. The molecule has 0 aromatic heterocycles. The van der Waals surface area contributed by atoms with Gasteiger partial charge in [0.15, 0.2) is 5.60 Å². The van der Waals surface area contributed by atoms with E-state index in [2.05, 4.69) is 10.6 Å². The molecule has 0 radical (unpaired) electrons. The molecule has 0 fully saturated rings. The van der Waals surface area contributed by atoms with Crippen LogP contribution in [0.5, 0.6) is 5.75 Å². The second kappa shape index (κ2) is 5.96. The largest absolute Gasteiger partial charge is 0.476 e. The van der Waals surface area contributed by atoms with Crippen LogP contribution in [-0.2, 0) is 16.0 Å². The van der Waals surface area contributed by atoms with Gasteiger partial charge in [-0.1, -0.05) is 18.2 Å². The van der Waals surface area contributed by atoms with Gasteiger partial charge >= 0.3 is 0 Å². The van der Waals surface area contributed by atoms with Crippen LogP contribution in [-0.4, -0.2) is 17.4 Å². The van der Waals surface area contributed by atoms with E-state index in [1.54, 1.807) is 44.2 Å². The van der Waals surface area contributed by atoms with E-state index in [1.165, 1.54) is 12.1 Å². The maximum Gasteiger partial charge on any atom is 0.268 e. The van der Waals surface area contributed by atoms with Crippen LogP contribution in [0.15, 0.2) is 42.5 Å². The average molecular weight is 328 g/mol. The van der Waals surface area contributed by atoms with Crippen LogP contribution in [0.3, 0.4) is 0 Å². The van der Waals surface area contributed by atoms with E-state index in [-0.39, 0.29) is 24.1 Å². The summed E-state index contributed by atoms with van der Waals surface area (Å²) in [6, 6.07) is 10.9. The van der Waals surface area contributed by atoms with Crippen LogP contribution in [0.25, 0.3) is 0 Å². The van der Waals surface area contributed by atoms with Crippen molar-refractivity contribution in [2.24, 2.45) is 0 Å². The zero-order chi connectivity index (χ0) is 17.3. The van der Waals surface area contributed by atoms with Crippen molar-refractivity contribution in [1.29, 1.82) is 0 Å². The molecule has 0 atom stereocenters. The van der Waals surface area contributed by atoms with Crippen LogP contribution in [0, 0.1) is 5.82 Å².